The molecule has 1 atom stereocenters. The van der Waals surface area contributed by atoms with Crippen molar-refractivity contribution >= 4 is 11.6 Å². The Morgan fingerprint density at radius 1 is 1.05 bits per heavy atom. The van der Waals surface area contributed by atoms with E-state index in [-0.39, 0.29) is 12.1 Å². The van der Waals surface area contributed by atoms with E-state index in [0.717, 1.165) is 36.2 Å². The Morgan fingerprint density at radius 3 is 2.75 bits per heavy atom. The van der Waals surface area contributed by atoms with Gasteiger partial charge >= 0.3 is 0 Å². The van der Waals surface area contributed by atoms with Gasteiger partial charge in [0.25, 0.3) is 5.91 Å². The monoisotopic (exact) mass is 264 g/mol. The van der Waals surface area contributed by atoms with Gasteiger partial charge in [-0.05, 0) is 30.0 Å². The van der Waals surface area contributed by atoms with E-state index in [9.17, 15) is 4.79 Å². The zero-order valence-corrected chi connectivity index (χ0v) is 11.2. The maximum Gasteiger partial charge on any atom is 0.255 e. The second-order valence-corrected chi connectivity index (χ2v) is 5.40. The second kappa shape index (κ2) is 4.37. The molecule has 1 N–H and O–H groups in total. The minimum absolute atomic E-state index is 0.0360. The van der Waals surface area contributed by atoms with Crippen molar-refractivity contribution in [3.63, 3.8) is 0 Å². The number of aryl methyl sites for hydroxylation is 1. The average Bonchev–Trinajstić information content (AvgIpc) is 2.52. The summed E-state index contributed by atoms with van der Waals surface area (Å²) >= 11 is 0. The van der Waals surface area contributed by atoms with E-state index >= 15 is 0 Å². The Kier molecular flexibility index (Phi) is 2.52. The lowest BCUT2D eigenvalue weighted by Gasteiger charge is -2.42. The molecule has 100 valence electrons. The van der Waals surface area contributed by atoms with Crippen molar-refractivity contribution in [2.45, 2.75) is 19.0 Å². The van der Waals surface area contributed by atoms with Crippen molar-refractivity contribution in [3.8, 4) is 0 Å². The SMILES string of the molecule is O=C1N[C@H](c2ccccc2)N2CCCc3cccc1c32. The summed E-state index contributed by atoms with van der Waals surface area (Å²) in [5.41, 5.74) is 4.39. The third-order valence-corrected chi connectivity index (χ3v) is 4.19. The molecule has 0 bridgehead atoms. The smallest absolute Gasteiger partial charge is 0.255 e. The van der Waals surface area contributed by atoms with Gasteiger partial charge in [0.15, 0.2) is 0 Å². The summed E-state index contributed by atoms with van der Waals surface area (Å²) < 4.78 is 0. The number of carbonyl (C=O) groups excluding carboxylic acids is 1. The lowest BCUT2D eigenvalue weighted by Crippen LogP contribution is -2.48. The summed E-state index contributed by atoms with van der Waals surface area (Å²) in [4.78, 5) is 14.7. The molecule has 2 heterocycles. The van der Waals surface area contributed by atoms with Gasteiger partial charge in [-0.1, -0.05) is 42.5 Å². The summed E-state index contributed by atoms with van der Waals surface area (Å²) in [5.74, 6) is 0.0360. The number of carbonyl (C=O) groups is 1. The molecule has 0 spiro atoms. The van der Waals surface area contributed by atoms with Crippen LogP contribution in [0.25, 0.3) is 0 Å². The highest BCUT2D eigenvalue weighted by Gasteiger charge is 2.34. The molecule has 2 aromatic rings. The van der Waals surface area contributed by atoms with E-state index in [1.54, 1.807) is 0 Å². The lowest BCUT2D eigenvalue weighted by atomic mass is 9.93. The minimum Gasteiger partial charge on any atom is -0.347 e. The van der Waals surface area contributed by atoms with Crippen LogP contribution in [0.4, 0.5) is 5.69 Å². The summed E-state index contributed by atoms with van der Waals surface area (Å²) in [7, 11) is 0. The molecule has 2 aromatic carbocycles. The first kappa shape index (κ1) is 11.5. The van der Waals surface area contributed by atoms with Crippen LogP contribution in [0, 0.1) is 0 Å². The lowest BCUT2D eigenvalue weighted by molar-refractivity contribution is 0.0925. The molecule has 0 fully saturated rings. The molecule has 2 aliphatic rings. The van der Waals surface area contributed by atoms with E-state index in [2.05, 4.69) is 28.4 Å². The van der Waals surface area contributed by atoms with E-state index in [1.807, 2.05) is 30.3 Å². The van der Waals surface area contributed by atoms with Crippen LogP contribution in [0.3, 0.4) is 0 Å². The van der Waals surface area contributed by atoms with Crippen molar-refractivity contribution in [1.82, 2.24) is 5.32 Å². The molecule has 1 amide bonds. The number of nitrogens with one attached hydrogen (secondary N) is 1. The quantitative estimate of drug-likeness (QED) is 0.859. The van der Waals surface area contributed by atoms with Crippen LogP contribution < -0.4 is 10.2 Å². The Morgan fingerprint density at radius 2 is 1.90 bits per heavy atom. The predicted molar refractivity (Wildman–Crippen MR) is 78.8 cm³/mol. The fourth-order valence-corrected chi connectivity index (χ4v) is 3.30. The largest absolute Gasteiger partial charge is 0.347 e. The van der Waals surface area contributed by atoms with Gasteiger partial charge in [-0.3, -0.25) is 4.79 Å². The maximum absolute atomic E-state index is 12.4. The third-order valence-electron chi connectivity index (χ3n) is 4.19. The van der Waals surface area contributed by atoms with Crippen molar-refractivity contribution < 1.29 is 4.79 Å². The standard InChI is InChI=1S/C17H16N2O/c20-17-14-10-4-8-12-9-5-11-19(15(12)14)16(18-17)13-6-2-1-3-7-13/h1-4,6-8,10,16H,5,9,11H2,(H,18,20)/t16-/m0/s1. The Bertz CT molecular complexity index is 666. The van der Waals surface area contributed by atoms with Gasteiger partial charge in [-0.25, -0.2) is 0 Å². The van der Waals surface area contributed by atoms with Crippen molar-refractivity contribution in [1.29, 1.82) is 0 Å². The fraction of sp³-hybridized carbons (Fsp3) is 0.235. The van der Waals surface area contributed by atoms with Gasteiger partial charge in [0.2, 0.25) is 0 Å². The van der Waals surface area contributed by atoms with Crippen LogP contribution in [0.1, 0.15) is 34.1 Å². The summed E-state index contributed by atoms with van der Waals surface area (Å²) in [5, 5.41) is 3.14. The first-order chi connectivity index (χ1) is 9.84. The topological polar surface area (TPSA) is 32.3 Å². The zero-order chi connectivity index (χ0) is 13.5. The van der Waals surface area contributed by atoms with Gasteiger partial charge in [-0.2, -0.15) is 0 Å². The minimum atomic E-state index is -0.0438. The van der Waals surface area contributed by atoms with Gasteiger partial charge in [0.1, 0.15) is 6.17 Å². The first-order valence-corrected chi connectivity index (χ1v) is 7.09. The number of rotatable bonds is 1. The van der Waals surface area contributed by atoms with Crippen LogP contribution >= 0.6 is 0 Å². The van der Waals surface area contributed by atoms with Gasteiger partial charge in [0.05, 0.1) is 11.3 Å². The van der Waals surface area contributed by atoms with Crippen LogP contribution in [0.5, 0.6) is 0 Å². The zero-order valence-electron chi connectivity index (χ0n) is 11.2. The molecule has 0 saturated carbocycles. The highest BCUT2D eigenvalue weighted by atomic mass is 16.2. The number of amides is 1. The van der Waals surface area contributed by atoms with Gasteiger partial charge in [0, 0.05) is 6.54 Å². The van der Waals surface area contributed by atoms with Gasteiger partial charge in [-0.15, -0.1) is 0 Å². The molecule has 20 heavy (non-hydrogen) atoms. The molecule has 0 radical (unpaired) electrons. The number of para-hydroxylation sites is 1. The van der Waals surface area contributed by atoms with Crippen molar-refractivity contribution in [2.75, 3.05) is 11.4 Å². The van der Waals surface area contributed by atoms with Crippen LogP contribution in [-0.2, 0) is 6.42 Å². The molecular formula is C17H16N2O. The molecule has 0 aromatic heterocycles. The second-order valence-electron chi connectivity index (χ2n) is 5.40. The molecule has 2 aliphatic heterocycles. The Balaban J connectivity index is 1.87. The normalized spacial score (nSPS) is 20.3. The van der Waals surface area contributed by atoms with Crippen LogP contribution in [0.2, 0.25) is 0 Å². The van der Waals surface area contributed by atoms with E-state index in [4.69, 9.17) is 0 Å². The molecule has 0 aliphatic carbocycles. The number of benzene rings is 2. The fourth-order valence-electron chi connectivity index (χ4n) is 3.30. The van der Waals surface area contributed by atoms with E-state index in [1.165, 1.54) is 5.56 Å². The Hall–Kier alpha value is -2.29. The Labute approximate surface area is 118 Å². The van der Waals surface area contributed by atoms with Gasteiger partial charge < -0.3 is 10.2 Å². The number of hydrogen-bond acceptors (Lipinski definition) is 2. The molecule has 0 unspecified atom stereocenters. The number of nitrogens with zero attached hydrogens (tertiary/aromatic N) is 1. The molecule has 3 heteroatoms. The summed E-state index contributed by atoms with van der Waals surface area (Å²) in [6, 6.07) is 16.3. The maximum atomic E-state index is 12.4. The molecular weight excluding hydrogens is 248 g/mol. The first-order valence-electron chi connectivity index (χ1n) is 7.09. The molecule has 3 nitrogen and oxygen atoms in total. The van der Waals surface area contributed by atoms with E-state index in [0.29, 0.717) is 0 Å². The van der Waals surface area contributed by atoms with Crippen molar-refractivity contribution in [3.05, 3.63) is 65.2 Å². The highest BCUT2D eigenvalue weighted by molar-refractivity contribution is 6.03. The highest BCUT2D eigenvalue weighted by Crippen LogP contribution is 2.38. The number of anilines is 1. The van der Waals surface area contributed by atoms with Crippen molar-refractivity contribution in [2.24, 2.45) is 0 Å². The average molecular weight is 264 g/mol. The predicted octanol–water partition coefficient (Wildman–Crippen LogP) is 2.88. The summed E-state index contributed by atoms with van der Waals surface area (Å²) in [6.07, 6.45) is 2.15. The molecule has 4 rings (SSSR count). The molecule has 0 saturated heterocycles. The number of hydrogen-bond donors (Lipinski definition) is 1. The third kappa shape index (κ3) is 1.63. The summed E-state index contributed by atoms with van der Waals surface area (Å²) in [6.45, 7) is 0.990. The van der Waals surface area contributed by atoms with Crippen LogP contribution in [0.15, 0.2) is 48.5 Å². The van der Waals surface area contributed by atoms with Crippen LogP contribution in [-0.4, -0.2) is 12.5 Å². The van der Waals surface area contributed by atoms with E-state index < -0.39 is 0 Å².